The summed E-state index contributed by atoms with van der Waals surface area (Å²) in [6, 6.07) is 5.43. The Hall–Kier alpha value is 0.114. The minimum absolute atomic E-state index is 0.111. The molecule has 0 saturated carbocycles. The largest absolute Gasteiger partial charge is 0.455 e. The van der Waals surface area contributed by atoms with Crippen LogP contribution in [0.1, 0.15) is 53.5 Å². The molecule has 1 aromatic rings. The molecule has 1 saturated heterocycles. The molecule has 1 N–H and O–H groups in total. The summed E-state index contributed by atoms with van der Waals surface area (Å²) in [6.07, 6.45) is 0.602. The van der Waals surface area contributed by atoms with Crippen molar-refractivity contribution in [2.24, 2.45) is 0 Å². The Kier molecular flexibility index (Phi) is 8.72. The molecule has 1 aromatic carbocycles. The number of halogens is 2. The van der Waals surface area contributed by atoms with Crippen LogP contribution in [0.2, 0.25) is 46.3 Å². The van der Waals surface area contributed by atoms with Crippen molar-refractivity contribution in [3.8, 4) is 0 Å². The molecule has 1 atom stereocenters. The Labute approximate surface area is 190 Å². The first-order valence-corrected chi connectivity index (χ1v) is 16.9. The zero-order valence-corrected chi connectivity index (χ0v) is 23.4. The maximum atomic E-state index is 8.89. The van der Waals surface area contributed by atoms with Crippen LogP contribution < -0.4 is 0 Å². The lowest BCUT2D eigenvalue weighted by Crippen LogP contribution is -2.53. The van der Waals surface area contributed by atoms with Crippen LogP contribution in [0.3, 0.4) is 0 Å². The molecule has 0 spiro atoms. The average molecular weight is 480 g/mol. The van der Waals surface area contributed by atoms with Crippen molar-refractivity contribution in [3.63, 3.8) is 0 Å². The molecule has 0 aromatic heterocycles. The molecule has 3 nitrogen and oxygen atoms in total. The first kappa shape index (κ1) is 27.1. The fourth-order valence-corrected chi connectivity index (χ4v) is 10.3. The van der Waals surface area contributed by atoms with E-state index in [9.17, 15) is 0 Å². The van der Waals surface area contributed by atoms with Crippen molar-refractivity contribution >= 4 is 39.8 Å². The smallest absolute Gasteiger partial charge is 0.178 e. The van der Waals surface area contributed by atoms with Gasteiger partial charge >= 0.3 is 0 Å². The summed E-state index contributed by atoms with van der Waals surface area (Å²) in [5.41, 5.74) is 0.671. The maximum Gasteiger partial charge on any atom is 0.178 e. The van der Waals surface area contributed by atoms with Gasteiger partial charge in [-0.1, -0.05) is 70.8 Å². The fourth-order valence-electron chi connectivity index (χ4n) is 2.45. The summed E-state index contributed by atoms with van der Waals surface area (Å²) in [5, 5.41) is 10.6. The molecule has 1 fully saturated rings. The summed E-state index contributed by atoms with van der Waals surface area (Å²) >= 11 is 11.7. The zero-order chi connectivity index (χ0) is 22.9. The SMILES string of the molecule is CC(C)(C)[Si](C)(C)O[Si](C)(C)C(C)(C)C.OCCC1(c2ccc(Cl)c(Cl)c2)CO1. The van der Waals surface area contributed by atoms with E-state index in [0.717, 1.165) is 5.56 Å². The molecular weight excluding hydrogens is 439 g/mol. The van der Waals surface area contributed by atoms with Crippen molar-refractivity contribution in [1.82, 2.24) is 0 Å². The van der Waals surface area contributed by atoms with Crippen molar-refractivity contribution in [2.45, 2.75) is 89.8 Å². The van der Waals surface area contributed by atoms with Crippen molar-refractivity contribution in [2.75, 3.05) is 13.2 Å². The minimum Gasteiger partial charge on any atom is -0.455 e. The second-order valence-electron chi connectivity index (χ2n) is 11.0. The van der Waals surface area contributed by atoms with E-state index in [1.807, 2.05) is 6.07 Å². The van der Waals surface area contributed by atoms with E-state index in [4.69, 9.17) is 37.2 Å². The lowest BCUT2D eigenvalue weighted by Gasteiger charge is -2.47. The number of aliphatic hydroxyl groups excluding tert-OH is 1. The van der Waals surface area contributed by atoms with E-state index >= 15 is 0 Å². The Balaban J connectivity index is 0.000000290. The third-order valence-electron chi connectivity index (χ3n) is 6.58. The van der Waals surface area contributed by atoms with Gasteiger partial charge in [-0.15, -0.1) is 0 Å². The molecule has 7 heteroatoms. The second kappa shape index (κ2) is 9.31. The topological polar surface area (TPSA) is 42.0 Å². The first-order valence-electron chi connectivity index (χ1n) is 10.3. The fraction of sp³-hybridized carbons (Fsp3) is 0.727. The van der Waals surface area contributed by atoms with Crippen molar-refractivity contribution < 1.29 is 14.0 Å². The van der Waals surface area contributed by atoms with Crippen molar-refractivity contribution in [1.29, 1.82) is 0 Å². The van der Waals surface area contributed by atoms with Gasteiger partial charge in [-0.3, -0.25) is 0 Å². The van der Waals surface area contributed by atoms with Gasteiger partial charge < -0.3 is 14.0 Å². The quantitative estimate of drug-likeness (QED) is 0.349. The van der Waals surface area contributed by atoms with Crippen molar-refractivity contribution in [3.05, 3.63) is 33.8 Å². The Morgan fingerprint density at radius 1 is 0.966 bits per heavy atom. The number of hydrogen-bond donors (Lipinski definition) is 1. The maximum absolute atomic E-state index is 8.89. The average Bonchev–Trinajstić information content (AvgIpc) is 3.28. The molecular formula is C22H40Cl2O3Si2. The highest BCUT2D eigenvalue weighted by molar-refractivity contribution is 6.87. The Morgan fingerprint density at radius 3 is 1.72 bits per heavy atom. The summed E-state index contributed by atoms with van der Waals surface area (Å²) in [6.45, 7) is 24.0. The van der Waals surface area contributed by atoms with Gasteiger partial charge in [0.15, 0.2) is 16.6 Å². The summed E-state index contributed by atoms with van der Waals surface area (Å²) in [7, 11) is -3.18. The lowest BCUT2D eigenvalue weighted by molar-refractivity contribution is 0.214. The normalized spacial score (nSPS) is 20.2. The van der Waals surface area contributed by atoms with Gasteiger partial charge in [0.05, 0.1) is 16.7 Å². The van der Waals surface area contributed by atoms with Gasteiger partial charge in [0, 0.05) is 13.0 Å². The molecule has 2 rings (SSSR count). The molecule has 0 radical (unpaired) electrons. The molecule has 1 unspecified atom stereocenters. The number of aliphatic hydroxyl groups is 1. The van der Waals surface area contributed by atoms with Gasteiger partial charge in [-0.2, -0.15) is 0 Å². The van der Waals surface area contributed by atoms with Crippen LogP contribution in [0.15, 0.2) is 18.2 Å². The van der Waals surface area contributed by atoms with Gasteiger partial charge in [0.1, 0.15) is 5.60 Å². The zero-order valence-electron chi connectivity index (χ0n) is 19.9. The molecule has 0 bridgehead atoms. The molecule has 0 amide bonds. The summed E-state index contributed by atoms with van der Waals surface area (Å²) < 4.78 is 12.0. The van der Waals surface area contributed by atoms with Crippen LogP contribution in [0, 0.1) is 0 Å². The number of hydrogen-bond acceptors (Lipinski definition) is 3. The minimum atomic E-state index is -1.59. The molecule has 1 aliphatic heterocycles. The Morgan fingerprint density at radius 2 is 1.41 bits per heavy atom. The highest BCUT2D eigenvalue weighted by Gasteiger charge is 2.47. The molecule has 1 aliphatic rings. The van der Waals surface area contributed by atoms with Crippen LogP contribution in [0.25, 0.3) is 0 Å². The number of rotatable bonds is 5. The van der Waals surface area contributed by atoms with E-state index < -0.39 is 16.6 Å². The van der Waals surface area contributed by atoms with Gasteiger partial charge in [0.25, 0.3) is 0 Å². The number of benzene rings is 1. The Bertz CT molecular complexity index is 664. The lowest BCUT2D eigenvalue weighted by atomic mass is 9.97. The third kappa shape index (κ3) is 7.06. The van der Waals surface area contributed by atoms with Gasteiger partial charge in [-0.05, 0) is 54.0 Å². The third-order valence-corrected chi connectivity index (χ3v) is 18.6. The number of ether oxygens (including phenoxy) is 1. The summed E-state index contributed by atoms with van der Waals surface area (Å²) in [4.78, 5) is 0. The van der Waals surface area contributed by atoms with Crippen LogP contribution in [0.4, 0.5) is 0 Å². The molecule has 29 heavy (non-hydrogen) atoms. The van der Waals surface area contributed by atoms with Gasteiger partial charge in [0.2, 0.25) is 0 Å². The van der Waals surface area contributed by atoms with E-state index in [2.05, 4.69) is 67.7 Å². The highest BCUT2D eigenvalue weighted by atomic mass is 35.5. The van der Waals surface area contributed by atoms with Crippen LogP contribution in [0.5, 0.6) is 0 Å². The molecule has 1 heterocycles. The number of epoxide rings is 1. The second-order valence-corrected chi connectivity index (χ2v) is 21.7. The van der Waals surface area contributed by atoms with Gasteiger partial charge in [-0.25, -0.2) is 0 Å². The van der Waals surface area contributed by atoms with Crippen LogP contribution in [-0.4, -0.2) is 35.0 Å². The predicted octanol–water partition coefficient (Wildman–Crippen LogP) is 7.61. The first-order chi connectivity index (χ1) is 12.9. The standard InChI is InChI=1S/C12H30OSi2.C10H10Cl2O2/c1-11(2,3)14(7,8)13-15(9,10)12(4,5)6;11-8-2-1-7(5-9(8)12)10(3-4-13)6-14-10/h1-10H3;1-2,5,13H,3-4,6H2. The van der Waals surface area contributed by atoms with E-state index in [-0.39, 0.29) is 12.2 Å². The van der Waals surface area contributed by atoms with Crippen LogP contribution in [-0.2, 0) is 14.5 Å². The van der Waals surface area contributed by atoms with E-state index in [0.29, 0.717) is 33.1 Å². The molecule has 168 valence electrons. The van der Waals surface area contributed by atoms with E-state index in [1.54, 1.807) is 12.1 Å². The summed E-state index contributed by atoms with van der Waals surface area (Å²) in [5.74, 6) is 0. The van der Waals surface area contributed by atoms with Crippen LogP contribution >= 0.6 is 23.2 Å². The molecule has 0 aliphatic carbocycles. The predicted molar refractivity (Wildman–Crippen MR) is 131 cm³/mol. The van der Waals surface area contributed by atoms with E-state index in [1.165, 1.54) is 0 Å². The highest BCUT2D eigenvalue weighted by Crippen LogP contribution is 2.45. The monoisotopic (exact) mass is 478 g/mol.